The molecule has 3 aliphatic heterocycles. The number of aliphatic hydroxyl groups is 1. The molecule has 1 aliphatic carbocycles. The van der Waals surface area contributed by atoms with Crippen LogP contribution in [0.4, 0.5) is 0 Å². The van der Waals surface area contributed by atoms with Crippen LogP contribution in [-0.2, 0) is 20.7 Å². The molecule has 4 atom stereocenters. The van der Waals surface area contributed by atoms with Gasteiger partial charge in [0.1, 0.15) is 5.76 Å². The van der Waals surface area contributed by atoms with Gasteiger partial charge in [-0.05, 0) is 60.7 Å². The van der Waals surface area contributed by atoms with Gasteiger partial charge in [-0.25, -0.2) is 4.79 Å². The van der Waals surface area contributed by atoms with Crippen LogP contribution >= 0.6 is 0 Å². The van der Waals surface area contributed by atoms with Gasteiger partial charge in [0, 0.05) is 6.54 Å². The predicted octanol–water partition coefficient (Wildman–Crippen LogP) is 3.08. The fraction of sp³-hybridized carbons (Fsp3) is 0.423. The quantitative estimate of drug-likeness (QED) is 0.719. The van der Waals surface area contributed by atoms with Crippen LogP contribution in [-0.4, -0.2) is 54.6 Å². The summed E-state index contributed by atoms with van der Waals surface area (Å²) < 4.78 is 23.2. The van der Waals surface area contributed by atoms with Crippen molar-refractivity contribution >= 4 is 5.97 Å². The van der Waals surface area contributed by atoms with E-state index in [2.05, 4.69) is 17.0 Å². The van der Waals surface area contributed by atoms with E-state index in [1.165, 1.54) is 5.56 Å². The van der Waals surface area contributed by atoms with Crippen molar-refractivity contribution in [3.05, 3.63) is 71.0 Å². The van der Waals surface area contributed by atoms with E-state index in [-0.39, 0.29) is 18.2 Å². The van der Waals surface area contributed by atoms with E-state index in [4.69, 9.17) is 18.9 Å². The van der Waals surface area contributed by atoms with Crippen LogP contribution in [0.5, 0.6) is 11.5 Å². The van der Waals surface area contributed by atoms with Gasteiger partial charge in [0.25, 0.3) is 0 Å². The van der Waals surface area contributed by atoms with Crippen LogP contribution in [0.3, 0.4) is 0 Å². The van der Waals surface area contributed by atoms with E-state index in [1.807, 2.05) is 12.1 Å². The summed E-state index contributed by atoms with van der Waals surface area (Å²) in [5.41, 5.74) is 2.48. The Hall–Kier alpha value is -3.03. The van der Waals surface area contributed by atoms with Crippen LogP contribution in [0.2, 0.25) is 0 Å². The summed E-state index contributed by atoms with van der Waals surface area (Å²) in [7, 11) is 1.61. The molecule has 6 rings (SSSR count). The highest BCUT2D eigenvalue weighted by atomic mass is 16.7. The largest absolute Gasteiger partial charge is 0.497 e. The number of aliphatic hydroxyl groups excluding tert-OH is 1. The molecule has 0 bridgehead atoms. The molecule has 4 aliphatic rings. The molecule has 1 N–H and O–H groups in total. The number of nitrogens with zero attached hydrogens (tertiary/aromatic N) is 1. The second-order valence-corrected chi connectivity index (χ2v) is 9.14. The SMILES string of the molecule is COC1=C[C@]23CCCN2CCc2cc4c(cc2[C@@H]3[C@@H]1OC(=O)[C@@H](O)c1ccccc1)OCO4. The Morgan fingerprint density at radius 2 is 1.97 bits per heavy atom. The van der Waals surface area contributed by atoms with Crippen molar-refractivity contribution in [1.29, 1.82) is 0 Å². The fourth-order valence-electron chi connectivity index (χ4n) is 6.06. The molecule has 0 amide bonds. The molecule has 1 spiro atoms. The minimum Gasteiger partial charge on any atom is -0.497 e. The number of benzene rings is 2. The maximum atomic E-state index is 13.1. The third-order valence-electron chi connectivity index (χ3n) is 7.55. The molecule has 3 heterocycles. The molecule has 2 aromatic rings. The van der Waals surface area contributed by atoms with Crippen LogP contribution < -0.4 is 9.47 Å². The summed E-state index contributed by atoms with van der Waals surface area (Å²) in [5.74, 6) is 1.27. The second-order valence-electron chi connectivity index (χ2n) is 9.14. The first-order chi connectivity index (χ1) is 16.1. The molecule has 172 valence electrons. The summed E-state index contributed by atoms with van der Waals surface area (Å²) in [6.45, 7) is 2.10. The third-order valence-corrected chi connectivity index (χ3v) is 7.55. The monoisotopic (exact) mass is 449 g/mol. The molecule has 1 saturated heterocycles. The Balaban J connectivity index is 1.42. The lowest BCUT2D eigenvalue weighted by Crippen LogP contribution is -2.47. The van der Waals surface area contributed by atoms with Crippen molar-refractivity contribution in [3.8, 4) is 11.5 Å². The number of fused-ring (bicyclic) bond motifs is 3. The van der Waals surface area contributed by atoms with E-state index in [0.717, 1.165) is 49.4 Å². The standard InChI is InChI=1S/C26H27NO6/c1-30-21-14-26-9-5-10-27(26)11-8-17-12-19-20(32-15-31-19)13-18(17)22(26)24(21)33-25(29)23(28)16-6-3-2-4-7-16/h2-4,6-7,12-14,22-24,28H,5,8-11,15H2,1H3/t22-,23+,24-,26+/m1/s1. The number of methoxy groups -OCH3 is 1. The highest BCUT2D eigenvalue weighted by Gasteiger charge is 2.58. The first kappa shape index (κ1) is 20.6. The first-order valence-corrected chi connectivity index (χ1v) is 11.5. The molecule has 33 heavy (non-hydrogen) atoms. The lowest BCUT2D eigenvalue weighted by molar-refractivity contribution is -0.160. The maximum absolute atomic E-state index is 13.1. The van der Waals surface area contributed by atoms with Crippen molar-refractivity contribution in [2.24, 2.45) is 0 Å². The molecule has 2 aromatic carbocycles. The zero-order valence-corrected chi connectivity index (χ0v) is 18.5. The van der Waals surface area contributed by atoms with E-state index < -0.39 is 18.2 Å². The minimum absolute atomic E-state index is 0.158. The number of hydrogen-bond donors (Lipinski definition) is 1. The Morgan fingerprint density at radius 1 is 1.18 bits per heavy atom. The summed E-state index contributed by atoms with van der Waals surface area (Å²) in [5, 5.41) is 10.7. The molecule has 7 nitrogen and oxygen atoms in total. The van der Waals surface area contributed by atoms with Crippen LogP contribution in [0.15, 0.2) is 54.3 Å². The Labute approximate surface area is 192 Å². The molecule has 0 saturated carbocycles. The predicted molar refractivity (Wildman–Crippen MR) is 119 cm³/mol. The summed E-state index contributed by atoms with van der Waals surface area (Å²) in [6.07, 6.45) is 3.05. The van der Waals surface area contributed by atoms with Gasteiger partial charge in [0.05, 0.1) is 18.6 Å². The van der Waals surface area contributed by atoms with Crippen LogP contribution in [0.25, 0.3) is 0 Å². The smallest absolute Gasteiger partial charge is 0.340 e. The highest BCUT2D eigenvalue weighted by Crippen LogP contribution is 2.55. The first-order valence-electron chi connectivity index (χ1n) is 11.5. The Kier molecular flexibility index (Phi) is 4.85. The lowest BCUT2D eigenvalue weighted by atomic mass is 9.77. The molecule has 0 radical (unpaired) electrons. The van der Waals surface area contributed by atoms with Crippen LogP contribution in [0, 0.1) is 0 Å². The Bertz CT molecular complexity index is 1120. The molecular weight excluding hydrogens is 422 g/mol. The normalized spacial score (nSPS) is 28.2. The van der Waals surface area contributed by atoms with Gasteiger partial charge in [-0.1, -0.05) is 30.3 Å². The van der Waals surface area contributed by atoms with Gasteiger partial charge in [-0.2, -0.15) is 0 Å². The summed E-state index contributed by atoms with van der Waals surface area (Å²) >= 11 is 0. The topological polar surface area (TPSA) is 77.5 Å². The van der Waals surface area contributed by atoms with Gasteiger partial charge in [0.15, 0.2) is 23.7 Å². The van der Waals surface area contributed by atoms with Crippen molar-refractivity contribution < 1.29 is 28.8 Å². The van der Waals surface area contributed by atoms with Crippen molar-refractivity contribution in [3.63, 3.8) is 0 Å². The van der Waals surface area contributed by atoms with Gasteiger partial charge in [-0.3, -0.25) is 4.90 Å². The lowest BCUT2D eigenvalue weighted by Gasteiger charge is -2.39. The number of hydrogen-bond acceptors (Lipinski definition) is 7. The third kappa shape index (κ3) is 3.14. The minimum atomic E-state index is -1.36. The second kappa shape index (κ2) is 7.78. The molecular formula is C26H27NO6. The highest BCUT2D eigenvalue weighted by molar-refractivity contribution is 5.77. The number of carbonyl (C=O) groups is 1. The van der Waals surface area contributed by atoms with Crippen molar-refractivity contribution in [1.82, 2.24) is 4.90 Å². The molecule has 7 heteroatoms. The zero-order valence-electron chi connectivity index (χ0n) is 18.5. The molecule has 0 aromatic heterocycles. The Morgan fingerprint density at radius 3 is 2.76 bits per heavy atom. The number of rotatable bonds is 4. The zero-order chi connectivity index (χ0) is 22.6. The molecule has 1 fully saturated rings. The maximum Gasteiger partial charge on any atom is 0.340 e. The summed E-state index contributed by atoms with van der Waals surface area (Å²) in [6, 6.07) is 13.0. The number of esters is 1. The summed E-state index contributed by atoms with van der Waals surface area (Å²) in [4.78, 5) is 15.6. The molecule has 0 unspecified atom stereocenters. The number of ether oxygens (including phenoxy) is 4. The van der Waals surface area contributed by atoms with Crippen LogP contribution in [0.1, 0.15) is 41.6 Å². The van der Waals surface area contributed by atoms with Gasteiger partial charge >= 0.3 is 5.97 Å². The average Bonchev–Trinajstić information content (AvgIpc) is 3.53. The van der Waals surface area contributed by atoms with Gasteiger partial charge in [-0.15, -0.1) is 0 Å². The average molecular weight is 450 g/mol. The number of carbonyl (C=O) groups excluding carboxylic acids is 1. The van der Waals surface area contributed by atoms with E-state index in [1.54, 1.807) is 31.4 Å². The van der Waals surface area contributed by atoms with Crippen molar-refractivity contribution in [2.75, 3.05) is 27.0 Å². The van der Waals surface area contributed by atoms with Crippen molar-refractivity contribution in [2.45, 2.75) is 42.9 Å². The van der Waals surface area contributed by atoms with E-state index >= 15 is 0 Å². The van der Waals surface area contributed by atoms with E-state index in [9.17, 15) is 9.90 Å². The fourth-order valence-corrected chi connectivity index (χ4v) is 6.06. The van der Waals surface area contributed by atoms with E-state index in [0.29, 0.717) is 11.3 Å². The van der Waals surface area contributed by atoms with Gasteiger partial charge in [0.2, 0.25) is 6.79 Å². The van der Waals surface area contributed by atoms with Gasteiger partial charge < -0.3 is 24.1 Å².